The molecule has 0 amide bonds. The van der Waals surface area contributed by atoms with Gasteiger partial charge < -0.3 is 10.2 Å². The lowest BCUT2D eigenvalue weighted by Crippen LogP contribution is -2.08. The molecular formula is C11H20N2. The van der Waals surface area contributed by atoms with E-state index in [0.29, 0.717) is 0 Å². The van der Waals surface area contributed by atoms with E-state index in [2.05, 4.69) is 34.5 Å². The maximum atomic E-state index is 3.07. The van der Waals surface area contributed by atoms with Crippen molar-refractivity contribution < 1.29 is 0 Å². The van der Waals surface area contributed by atoms with Crippen LogP contribution in [0.4, 0.5) is 11.4 Å². The van der Waals surface area contributed by atoms with Crippen molar-refractivity contribution in [1.82, 2.24) is 0 Å². The van der Waals surface area contributed by atoms with Gasteiger partial charge in [-0.25, -0.2) is 0 Å². The first-order valence-corrected chi connectivity index (χ1v) is 4.69. The quantitative estimate of drug-likeness (QED) is 0.753. The molecular weight excluding hydrogens is 160 g/mol. The molecule has 1 aromatic rings. The molecule has 0 saturated heterocycles. The minimum Gasteiger partial charge on any atom is -0.388 e. The van der Waals surface area contributed by atoms with E-state index in [1.54, 1.807) is 0 Å². The summed E-state index contributed by atoms with van der Waals surface area (Å²) in [6.45, 7) is 4.00. The lowest BCUT2D eigenvalue weighted by molar-refractivity contribution is 1.13. The van der Waals surface area contributed by atoms with Crippen molar-refractivity contribution in [3.8, 4) is 0 Å². The molecule has 74 valence electrons. The fourth-order valence-electron chi connectivity index (χ4n) is 0.926. The van der Waals surface area contributed by atoms with Crippen LogP contribution in [0.5, 0.6) is 0 Å². The Labute approximate surface area is 81.6 Å². The van der Waals surface area contributed by atoms with E-state index in [1.807, 2.05) is 35.0 Å². The van der Waals surface area contributed by atoms with Crippen molar-refractivity contribution in [2.24, 2.45) is 0 Å². The summed E-state index contributed by atoms with van der Waals surface area (Å²) in [5.74, 6) is 0. The molecule has 1 N–H and O–H groups in total. The van der Waals surface area contributed by atoms with Crippen LogP contribution in [-0.2, 0) is 0 Å². The lowest BCUT2D eigenvalue weighted by Gasteiger charge is -2.12. The summed E-state index contributed by atoms with van der Waals surface area (Å²) in [4.78, 5) is 2.08. The Morgan fingerprint density at radius 2 is 1.46 bits per heavy atom. The highest BCUT2D eigenvalue weighted by Crippen LogP contribution is 2.14. The van der Waals surface area contributed by atoms with Crippen molar-refractivity contribution in [1.29, 1.82) is 0 Å². The van der Waals surface area contributed by atoms with Gasteiger partial charge in [0.15, 0.2) is 0 Å². The fourth-order valence-corrected chi connectivity index (χ4v) is 0.926. The smallest absolute Gasteiger partial charge is 0.0362 e. The molecule has 0 aliphatic carbocycles. The van der Waals surface area contributed by atoms with E-state index >= 15 is 0 Å². The largest absolute Gasteiger partial charge is 0.388 e. The third kappa shape index (κ3) is 3.83. The summed E-state index contributed by atoms with van der Waals surface area (Å²) < 4.78 is 0. The predicted molar refractivity (Wildman–Crippen MR) is 61.7 cm³/mol. The second-order valence-corrected chi connectivity index (χ2v) is 2.69. The minimum absolute atomic E-state index is 1.15. The van der Waals surface area contributed by atoms with Crippen molar-refractivity contribution in [3.05, 3.63) is 24.3 Å². The van der Waals surface area contributed by atoms with Gasteiger partial charge in [-0.2, -0.15) is 0 Å². The zero-order valence-electron chi connectivity index (χ0n) is 9.26. The normalized spacial score (nSPS) is 8.38. The Morgan fingerprint density at radius 3 is 1.77 bits per heavy atom. The van der Waals surface area contributed by atoms with Crippen LogP contribution in [0.3, 0.4) is 0 Å². The van der Waals surface area contributed by atoms with Gasteiger partial charge in [-0.1, -0.05) is 13.8 Å². The third-order valence-corrected chi connectivity index (χ3v) is 1.67. The van der Waals surface area contributed by atoms with Crippen LogP contribution >= 0.6 is 0 Å². The SMILES string of the molecule is CC.CNc1ccc(N(C)C)cc1. The van der Waals surface area contributed by atoms with Crippen molar-refractivity contribution in [2.45, 2.75) is 13.8 Å². The van der Waals surface area contributed by atoms with E-state index in [9.17, 15) is 0 Å². The molecule has 0 spiro atoms. The summed E-state index contributed by atoms with van der Waals surface area (Å²) in [7, 11) is 5.99. The molecule has 0 fully saturated rings. The number of rotatable bonds is 2. The first-order valence-electron chi connectivity index (χ1n) is 4.69. The van der Waals surface area contributed by atoms with E-state index in [4.69, 9.17) is 0 Å². The van der Waals surface area contributed by atoms with Crippen LogP contribution in [0.15, 0.2) is 24.3 Å². The lowest BCUT2D eigenvalue weighted by atomic mass is 10.3. The van der Waals surface area contributed by atoms with Crippen molar-refractivity contribution in [2.75, 3.05) is 31.4 Å². The zero-order valence-corrected chi connectivity index (χ0v) is 9.26. The maximum absolute atomic E-state index is 3.07. The van der Waals surface area contributed by atoms with Gasteiger partial charge >= 0.3 is 0 Å². The van der Waals surface area contributed by atoms with Gasteiger partial charge in [0.25, 0.3) is 0 Å². The summed E-state index contributed by atoms with van der Waals surface area (Å²) in [6, 6.07) is 8.31. The van der Waals surface area contributed by atoms with E-state index in [1.165, 1.54) is 5.69 Å². The Morgan fingerprint density at radius 1 is 1.00 bits per heavy atom. The molecule has 0 heterocycles. The second-order valence-electron chi connectivity index (χ2n) is 2.69. The average Bonchev–Trinajstić information content (AvgIpc) is 2.21. The molecule has 1 rings (SSSR count). The van der Waals surface area contributed by atoms with E-state index < -0.39 is 0 Å². The molecule has 0 unspecified atom stereocenters. The summed E-state index contributed by atoms with van der Waals surface area (Å²) >= 11 is 0. The standard InChI is InChI=1S/C9H14N2.C2H6/c1-10-8-4-6-9(7-5-8)11(2)3;1-2/h4-7,10H,1-3H3;1-2H3. The van der Waals surface area contributed by atoms with Crippen LogP contribution < -0.4 is 10.2 Å². The molecule has 0 atom stereocenters. The van der Waals surface area contributed by atoms with E-state index in [0.717, 1.165) is 5.69 Å². The van der Waals surface area contributed by atoms with E-state index in [-0.39, 0.29) is 0 Å². The number of nitrogens with zero attached hydrogens (tertiary/aromatic N) is 1. The maximum Gasteiger partial charge on any atom is 0.0362 e. The zero-order chi connectivity index (χ0) is 10.3. The molecule has 0 bridgehead atoms. The van der Waals surface area contributed by atoms with Crippen LogP contribution in [-0.4, -0.2) is 21.1 Å². The molecule has 0 aromatic heterocycles. The predicted octanol–water partition coefficient (Wildman–Crippen LogP) is 2.82. The van der Waals surface area contributed by atoms with Crippen molar-refractivity contribution >= 4 is 11.4 Å². The molecule has 0 radical (unpaired) electrons. The first-order chi connectivity index (χ1) is 6.24. The van der Waals surface area contributed by atoms with Gasteiger partial charge in [0.1, 0.15) is 0 Å². The summed E-state index contributed by atoms with van der Waals surface area (Å²) in [6.07, 6.45) is 0. The Balaban J connectivity index is 0.000000671. The second kappa shape index (κ2) is 6.35. The van der Waals surface area contributed by atoms with Gasteiger partial charge in [-0.3, -0.25) is 0 Å². The molecule has 2 heteroatoms. The topological polar surface area (TPSA) is 15.3 Å². The van der Waals surface area contributed by atoms with Gasteiger partial charge in [0.2, 0.25) is 0 Å². The molecule has 2 nitrogen and oxygen atoms in total. The molecule has 0 aliphatic heterocycles. The van der Waals surface area contributed by atoms with Crippen LogP contribution in [0.1, 0.15) is 13.8 Å². The highest BCUT2D eigenvalue weighted by Gasteiger charge is 1.92. The summed E-state index contributed by atoms with van der Waals surface area (Å²) in [5.41, 5.74) is 2.37. The summed E-state index contributed by atoms with van der Waals surface area (Å²) in [5, 5.41) is 3.07. The number of benzene rings is 1. The number of anilines is 2. The molecule has 0 saturated carbocycles. The fraction of sp³-hybridized carbons (Fsp3) is 0.455. The van der Waals surface area contributed by atoms with Crippen LogP contribution in [0, 0.1) is 0 Å². The monoisotopic (exact) mass is 180 g/mol. The van der Waals surface area contributed by atoms with Gasteiger partial charge in [0.05, 0.1) is 0 Å². The van der Waals surface area contributed by atoms with Gasteiger partial charge in [0, 0.05) is 32.5 Å². The minimum atomic E-state index is 1.15. The number of nitrogens with one attached hydrogen (secondary N) is 1. The molecule has 0 aliphatic rings. The highest BCUT2D eigenvalue weighted by molar-refractivity contribution is 5.53. The number of hydrogen-bond donors (Lipinski definition) is 1. The third-order valence-electron chi connectivity index (χ3n) is 1.67. The van der Waals surface area contributed by atoms with Crippen LogP contribution in [0.25, 0.3) is 0 Å². The van der Waals surface area contributed by atoms with Crippen LogP contribution in [0.2, 0.25) is 0 Å². The molecule has 13 heavy (non-hydrogen) atoms. The Bertz CT molecular complexity index is 214. The highest BCUT2D eigenvalue weighted by atomic mass is 15.1. The first kappa shape index (κ1) is 11.8. The Kier molecular flexibility index (Phi) is 5.77. The van der Waals surface area contributed by atoms with Crippen molar-refractivity contribution in [3.63, 3.8) is 0 Å². The van der Waals surface area contributed by atoms with Gasteiger partial charge in [-0.15, -0.1) is 0 Å². The average molecular weight is 180 g/mol. The van der Waals surface area contributed by atoms with Gasteiger partial charge in [-0.05, 0) is 24.3 Å². The Hall–Kier alpha value is -1.18. The molecule has 1 aromatic carbocycles. The number of hydrogen-bond acceptors (Lipinski definition) is 2.